The SMILES string of the molecule is C=O.Cc1ccc(OC2CCC(C(OO)c3ccc(C)cc3)CC2)cc1. The molecule has 0 aliphatic heterocycles. The van der Waals surface area contributed by atoms with E-state index in [1.54, 1.807) is 0 Å². The fraction of sp³-hybridized carbons (Fsp3) is 0.409. The number of hydrogen-bond acceptors (Lipinski definition) is 4. The minimum atomic E-state index is -0.245. The third-order valence-corrected chi connectivity index (χ3v) is 4.99. The molecule has 0 spiro atoms. The Morgan fingerprint density at radius 2 is 1.38 bits per heavy atom. The lowest BCUT2D eigenvalue weighted by atomic mass is 9.81. The Balaban J connectivity index is 0.00000117. The average molecular weight is 356 g/mol. The quantitative estimate of drug-likeness (QED) is 0.584. The predicted molar refractivity (Wildman–Crippen MR) is 102 cm³/mol. The summed E-state index contributed by atoms with van der Waals surface area (Å²) in [6, 6.07) is 16.4. The number of carbonyl (C=O) groups is 1. The molecule has 1 saturated carbocycles. The van der Waals surface area contributed by atoms with Gasteiger partial charge in [-0.05, 0) is 63.1 Å². The monoisotopic (exact) mass is 356 g/mol. The van der Waals surface area contributed by atoms with Gasteiger partial charge in [-0.2, -0.15) is 0 Å². The fourth-order valence-electron chi connectivity index (χ4n) is 3.49. The first-order chi connectivity index (χ1) is 12.7. The van der Waals surface area contributed by atoms with Crippen molar-refractivity contribution in [2.45, 2.75) is 51.7 Å². The van der Waals surface area contributed by atoms with Crippen LogP contribution >= 0.6 is 0 Å². The molecule has 3 rings (SSSR count). The van der Waals surface area contributed by atoms with Crippen molar-refractivity contribution in [2.24, 2.45) is 5.92 Å². The van der Waals surface area contributed by atoms with Crippen molar-refractivity contribution in [1.82, 2.24) is 0 Å². The summed E-state index contributed by atoms with van der Waals surface area (Å²) in [5, 5.41) is 9.40. The maximum Gasteiger partial charge on any atom is 0.120 e. The largest absolute Gasteiger partial charge is 0.490 e. The van der Waals surface area contributed by atoms with Crippen LogP contribution < -0.4 is 4.74 Å². The number of benzene rings is 2. The van der Waals surface area contributed by atoms with Gasteiger partial charge in [0.1, 0.15) is 18.6 Å². The van der Waals surface area contributed by atoms with Crippen LogP contribution in [0.5, 0.6) is 5.75 Å². The lowest BCUT2D eigenvalue weighted by Crippen LogP contribution is -2.27. The summed E-state index contributed by atoms with van der Waals surface area (Å²) >= 11 is 0. The van der Waals surface area contributed by atoms with Crippen LogP contribution in [0.2, 0.25) is 0 Å². The smallest absolute Gasteiger partial charge is 0.120 e. The summed E-state index contributed by atoms with van der Waals surface area (Å²) in [7, 11) is 0. The minimum absolute atomic E-state index is 0.245. The Hall–Kier alpha value is -2.17. The highest BCUT2D eigenvalue weighted by Crippen LogP contribution is 2.37. The average Bonchev–Trinajstić information content (AvgIpc) is 2.68. The van der Waals surface area contributed by atoms with Gasteiger partial charge >= 0.3 is 0 Å². The predicted octanol–water partition coefficient (Wildman–Crippen LogP) is 5.29. The molecule has 1 N–H and O–H groups in total. The molecule has 4 heteroatoms. The van der Waals surface area contributed by atoms with E-state index in [9.17, 15) is 5.26 Å². The molecule has 0 aromatic heterocycles. The van der Waals surface area contributed by atoms with Crippen molar-refractivity contribution in [1.29, 1.82) is 0 Å². The molecule has 1 fully saturated rings. The highest BCUT2D eigenvalue weighted by molar-refractivity contribution is 5.27. The molecule has 0 bridgehead atoms. The Bertz CT molecular complexity index is 643. The molecule has 4 nitrogen and oxygen atoms in total. The third kappa shape index (κ3) is 5.41. The van der Waals surface area contributed by atoms with Gasteiger partial charge < -0.3 is 9.53 Å². The van der Waals surface area contributed by atoms with Crippen molar-refractivity contribution in [2.75, 3.05) is 0 Å². The first kappa shape index (κ1) is 20.1. The van der Waals surface area contributed by atoms with Crippen LogP contribution in [-0.4, -0.2) is 18.2 Å². The lowest BCUT2D eigenvalue weighted by Gasteiger charge is -2.32. The van der Waals surface area contributed by atoms with Crippen LogP contribution in [0.4, 0.5) is 0 Å². The van der Waals surface area contributed by atoms with Crippen molar-refractivity contribution < 1.29 is 19.7 Å². The number of carbonyl (C=O) groups excluding carboxylic acids is 1. The zero-order valence-corrected chi connectivity index (χ0v) is 15.6. The van der Waals surface area contributed by atoms with Gasteiger partial charge in [-0.1, -0.05) is 47.5 Å². The molecule has 2 aromatic rings. The standard InChI is InChI=1S/C21H26O3.CH2O/c1-15-3-7-17(8-4-15)21(24-22)18-9-13-20(14-10-18)23-19-11-5-16(2)6-12-19;1-2/h3-8,11-12,18,20-22H,9-10,13-14H2,1-2H3;1H2. The molecule has 1 aliphatic rings. The first-order valence-corrected chi connectivity index (χ1v) is 9.04. The van der Waals surface area contributed by atoms with E-state index in [1.807, 2.05) is 31.1 Å². The van der Waals surface area contributed by atoms with Gasteiger partial charge in [0.15, 0.2) is 0 Å². The summed E-state index contributed by atoms with van der Waals surface area (Å²) < 4.78 is 6.09. The maximum atomic E-state index is 9.40. The van der Waals surface area contributed by atoms with Crippen molar-refractivity contribution in [3.8, 4) is 5.75 Å². The van der Waals surface area contributed by atoms with Crippen LogP contribution in [0.25, 0.3) is 0 Å². The third-order valence-electron chi connectivity index (χ3n) is 4.99. The Morgan fingerprint density at radius 3 is 1.88 bits per heavy atom. The molecule has 1 aliphatic carbocycles. The summed E-state index contributed by atoms with van der Waals surface area (Å²) in [4.78, 5) is 12.8. The normalized spacial score (nSPS) is 20.6. The molecule has 1 unspecified atom stereocenters. The molecule has 1 atom stereocenters. The first-order valence-electron chi connectivity index (χ1n) is 9.04. The summed E-state index contributed by atoms with van der Waals surface area (Å²) in [5.74, 6) is 1.27. The van der Waals surface area contributed by atoms with E-state index in [2.05, 4.69) is 38.1 Å². The molecule has 26 heavy (non-hydrogen) atoms. The molecule has 0 heterocycles. The lowest BCUT2D eigenvalue weighted by molar-refractivity contribution is -0.296. The number of aryl methyl sites for hydroxylation is 2. The molecule has 2 aromatic carbocycles. The van der Waals surface area contributed by atoms with Gasteiger partial charge in [-0.25, -0.2) is 4.89 Å². The van der Waals surface area contributed by atoms with Crippen molar-refractivity contribution in [3.63, 3.8) is 0 Å². The van der Waals surface area contributed by atoms with Crippen LogP contribution in [0.15, 0.2) is 48.5 Å². The van der Waals surface area contributed by atoms with E-state index in [0.717, 1.165) is 37.0 Å². The van der Waals surface area contributed by atoms with E-state index >= 15 is 0 Å². The maximum absolute atomic E-state index is 9.40. The van der Waals surface area contributed by atoms with Gasteiger partial charge in [0, 0.05) is 0 Å². The number of rotatable bonds is 5. The molecular formula is C22H28O4. The highest BCUT2D eigenvalue weighted by atomic mass is 17.1. The zero-order chi connectivity index (χ0) is 18.9. The number of ether oxygens (including phenoxy) is 1. The van der Waals surface area contributed by atoms with Gasteiger partial charge in [-0.15, -0.1) is 0 Å². The number of hydrogen-bond donors (Lipinski definition) is 1. The Kier molecular flexibility index (Phi) is 7.82. The van der Waals surface area contributed by atoms with E-state index < -0.39 is 0 Å². The van der Waals surface area contributed by atoms with Gasteiger partial charge in [0.05, 0.1) is 6.10 Å². The molecule has 0 saturated heterocycles. The van der Waals surface area contributed by atoms with E-state index in [1.165, 1.54) is 11.1 Å². The van der Waals surface area contributed by atoms with Crippen LogP contribution in [0, 0.1) is 19.8 Å². The molecule has 140 valence electrons. The molecule has 0 amide bonds. The fourth-order valence-corrected chi connectivity index (χ4v) is 3.49. The summed E-state index contributed by atoms with van der Waals surface area (Å²) in [5.41, 5.74) is 3.50. The Labute approximate surface area is 155 Å². The zero-order valence-electron chi connectivity index (χ0n) is 15.6. The van der Waals surface area contributed by atoms with E-state index in [-0.39, 0.29) is 12.2 Å². The van der Waals surface area contributed by atoms with Gasteiger partial charge in [-0.3, -0.25) is 5.26 Å². The summed E-state index contributed by atoms with van der Waals surface area (Å²) in [6.45, 7) is 6.14. The van der Waals surface area contributed by atoms with Crippen LogP contribution in [-0.2, 0) is 9.68 Å². The summed E-state index contributed by atoms with van der Waals surface area (Å²) in [6.07, 6.45) is 3.98. The van der Waals surface area contributed by atoms with Crippen LogP contribution in [0.3, 0.4) is 0 Å². The Morgan fingerprint density at radius 1 is 0.885 bits per heavy atom. The van der Waals surface area contributed by atoms with Gasteiger partial charge in [0.25, 0.3) is 0 Å². The van der Waals surface area contributed by atoms with Crippen molar-refractivity contribution in [3.05, 3.63) is 65.2 Å². The molecular weight excluding hydrogens is 328 g/mol. The highest BCUT2D eigenvalue weighted by Gasteiger charge is 2.30. The molecule has 0 radical (unpaired) electrons. The van der Waals surface area contributed by atoms with E-state index in [4.69, 9.17) is 14.4 Å². The topological polar surface area (TPSA) is 55.8 Å². The second kappa shape index (κ2) is 10.1. The second-order valence-corrected chi connectivity index (χ2v) is 6.90. The van der Waals surface area contributed by atoms with Gasteiger partial charge in [0.2, 0.25) is 0 Å². The van der Waals surface area contributed by atoms with Crippen LogP contribution in [0.1, 0.15) is 48.5 Å². The minimum Gasteiger partial charge on any atom is -0.490 e. The van der Waals surface area contributed by atoms with Crippen molar-refractivity contribution >= 4 is 6.79 Å². The van der Waals surface area contributed by atoms with E-state index in [0.29, 0.717) is 5.92 Å². The second-order valence-electron chi connectivity index (χ2n) is 6.90.